The summed E-state index contributed by atoms with van der Waals surface area (Å²) < 4.78 is 25.0. The van der Waals surface area contributed by atoms with Gasteiger partial charge in [0.2, 0.25) is 5.91 Å². The quantitative estimate of drug-likeness (QED) is 0.745. The van der Waals surface area contributed by atoms with E-state index in [1.807, 2.05) is 26.0 Å². The molecule has 1 atom stereocenters. The van der Waals surface area contributed by atoms with Gasteiger partial charge in [0.15, 0.2) is 9.84 Å². The largest absolute Gasteiger partial charge is 0.339 e. The summed E-state index contributed by atoms with van der Waals surface area (Å²) in [6, 6.07) is 5.21. The predicted molar refractivity (Wildman–Crippen MR) is 104 cm³/mol. The van der Waals surface area contributed by atoms with Gasteiger partial charge in [-0.25, -0.2) is 13.4 Å². The first-order valence-electron chi connectivity index (χ1n) is 9.27. The van der Waals surface area contributed by atoms with E-state index in [2.05, 4.69) is 4.98 Å². The molecule has 0 spiro atoms. The maximum absolute atomic E-state index is 12.7. The van der Waals surface area contributed by atoms with Crippen molar-refractivity contribution in [1.29, 1.82) is 0 Å². The molecule has 1 aliphatic rings. The molecule has 1 saturated heterocycles. The molecule has 1 aromatic heterocycles. The van der Waals surface area contributed by atoms with E-state index in [0.717, 1.165) is 12.0 Å². The summed E-state index contributed by atoms with van der Waals surface area (Å²) in [5.41, 5.74) is 1.44. The number of amides is 1. The molecule has 0 bridgehead atoms. The van der Waals surface area contributed by atoms with E-state index in [4.69, 9.17) is 0 Å². The Morgan fingerprint density at radius 1 is 1.37 bits per heavy atom. The maximum atomic E-state index is 12.7. The van der Waals surface area contributed by atoms with Gasteiger partial charge in [-0.2, -0.15) is 0 Å². The molecular formula is C19H25N3O4S. The Kier molecular flexibility index (Phi) is 5.64. The minimum atomic E-state index is -3.05. The Balaban J connectivity index is 1.75. The summed E-state index contributed by atoms with van der Waals surface area (Å²) >= 11 is 0. The number of benzene rings is 1. The summed E-state index contributed by atoms with van der Waals surface area (Å²) in [6.45, 7) is 4.63. The maximum Gasteiger partial charge on any atom is 0.261 e. The van der Waals surface area contributed by atoms with Crippen LogP contribution in [-0.2, 0) is 21.2 Å². The van der Waals surface area contributed by atoms with Crippen LogP contribution in [0.5, 0.6) is 0 Å². The zero-order valence-corrected chi connectivity index (χ0v) is 16.5. The van der Waals surface area contributed by atoms with Gasteiger partial charge in [0.25, 0.3) is 5.56 Å². The lowest BCUT2D eigenvalue weighted by molar-refractivity contribution is -0.133. The number of nitrogens with zero attached hydrogens (tertiary/aromatic N) is 3. The van der Waals surface area contributed by atoms with Crippen LogP contribution in [0.3, 0.4) is 0 Å². The third-order valence-corrected chi connectivity index (χ3v) is 6.81. The fourth-order valence-corrected chi connectivity index (χ4v) is 5.36. The third-order valence-electron chi connectivity index (χ3n) is 5.06. The van der Waals surface area contributed by atoms with Crippen LogP contribution in [0, 0.1) is 6.92 Å². The van der Waals surface area contributed by atoms with Crippen LogP contribution in [0.1, 0.15) is 31.7 Å². The summed E-state index contributed by atoms with van der Waals surface area (Å²) in [4.78, 5) is 31.4. The molecule has 2 heterocycles. The first kappa shape index (κ1) is 19.5. The number of aryl methyl sites for hydroxylation is 2. The number of carbonyl (C=O) groups is 1. The van der Waals surface area contributed by atoms with Crippen molar-refractivity contribution in [2.75, 3.05) is 18.1 Å². The highest BCUT2D eigenvalue weighted by Gasteiger charge is 2.34. The Bertz CT molecular complexity index is 1010. The molecule has 1 aromatic carbocycles. The lowest BCUT2D eigenvalue weighted by Gasteiger charge is -2.28. The number of hydrogen-bond acceptors (Lipinski definition) is 5. The predicted octanol–water partition coefficient (Wildman–Crippen LogP) is 1.52. The van der Waals surface area contributed by atoms with Crippen LogP contribution in [0.4, 0.5) is 0 Å². The topological polar surface area (TPSA) is 89.3 Å². The van der Waals surface area contributed by atoms with E-state index in [0.29, 0.717) is 23.9 Å². The van der Waals surface area contributed by atoms with Gasteiger partial charge in [-0.15, -0.1) is 0 Å². The number of para-hydroxylation sites is 1. The number of hydrogen-bond donors (Lipinski definition) is 0. The monoisotopic (exact) mass is 391 g/mol. The molecule has 146 valence electrons. The highest BCUT2D eigenvalue weighted by atomic mass is 32.2. The highest BCUT2D eigenvalue weighted by Crippen LogP contribution is 2.19. The fourth-order valence-electron chi connectivity index (χ4n) is 3.63. The standard InChI is InChI=1S/C19H25N3O4S/c1-3-9-22(15-8-11-27(25,26)12-15)17(23)7-10-21-13-20-18-14(2)5-4-6-16(18)19(21)24/h4-6,13,15H,3,7-12H2,1-2H3. The van der Waals surface area contributed by atoms with Gasteiger partial charge in [0.05, 0.1) is 28.7 Å². The second kappa shape index (κ2) is 7.80. The second-order valence-electron chi connectivity index (χ2n) is 7.11. The fraction of sp³-hybridized carbons (Fsp3) is 0.526. The van der Waals surface area contributed by atoms with Crippen LogP contribution in [0.25, 0.3) is 10.9 Å². The minimum Gasteiger partial charge on any atom is -0.339 e. The van der Waals surface area contributed by atoms with Gasteiger partial charge in [0.1, 0.15) is 0 Å². The van der Waals surface area contributed by atoms with Gasteiger partial charge in [-0.05, 0) is 31.4 Å². The van der Waals surface area contributed by atoms with Crippen molar-refractivity contribution in [3.63, 3.8) is 0 Å². The molecular weight excluding hydrogens is 366 g/mol. The molecule has 27 heavy (non-hydrogen) atoms. The van der Waals surface area contributed by atoms with Crippen molar-refractivity contribution in [3.8, 4) is 0 Å². The van der Waals surface area contributed by atoms with Crippen LogP contribution in [0.2, 0.25) is 0 Å². The SMILES string of the molecule is CCCN(C(=O)CCn1cnc2c(C)cccc2c1=O)C1CCS(=O)(=O)C1. The Labute approximate surface area is 158 Å². The number of aromatic nitrogens is 2. The Morgan fingerprint density at radius 2 is 2.15 bits per heavy atom. The summed E-state index contributed by atoms with van der Waals surface area (Å²) in [6.07, 6.45) is 2.88. The van der Waals surface area contributed by atoms with E-state index in [1.165, 1.54) is 10.9 Å². The number of rotatable bonds is 6. The summed E-state index contributed by atoms with van der Waals surface area (Å²) in [5, 5.41) is 0.539. The van der Waals surface area contributed by atoms with E-state index in [9.17, 15) is 18.0 Å². The Morgan fingerprint density at radius 3 is 2.81 bits per heavy atom. The molecule has 2 aromatic rings. The zero-order valence-electron chi connectivity index (χ0n) is 15.7. The second-order valence-corrected chi connectivity index (χ2v) is 9.34. The van der Waals surface area contributed by atoms with Gasteiger partial charge in [-0.1, -0.05) is 19.1 Å². The van der Waals surface area contributed by atoms with E-state index in [-0.39, 0.29) is 42.0 Å². The van der Waals surface area contributed by atoms with Crippen molar-refractivity contribution in [1.82, 2.24) is 14.5 Å². The van der Waals surface area contributed by atoms with Gasteiger partial charge in [0, 0.05) is 25.6 Å². The van der Waals surface area contributed by atoms with Crippen molar-refractivity contribution in [2.24, 2.45) is 0 Å². The normalized spacial score (nSPS) is 18.7. The molecule has 0 radical (unpaired) electrons. The average Bonchev–Trinajstić information content (AvgIpc) is 2.99. The van der Waals surface area contributed by atoms with Gasteiger partial charge < -0.3 is 4.90 Å². The van der Waals surface area contributed by atoms with E-state index in [1.54, 1.807) is 11.0 Å². The van der Waals surface area contributed by atoms with Crippen LogP contribution in [0.15, 0.2) is 29.3 Å². The minimum absolute atomic E-state index is 0.0372. The first-order chi connectivity index (χ1) is 12.8. The molecule has 1 unspecified atom stereocenters. The van der Waals surface area contributed by atoms with Crippen molar-refractivity contribution >= 4 is 26.6 Å². The van der Waals surface area contributed by atoms with Crippen LogP contribution in [-0.4, -0.2) is 52.9 Å². The van der Waals surface area contributed by atoms with Crippen molar-refractivity contribution in [2.45, 2.75) is 45.7 Å². The molecule has 0 saturated carbocycles. The molecule has 0 aliphatic carbocycles. The van der Waals surface area contributed by atoms with Crippen molar-refractivity contribution < 1.29 is 13.2 Å². The van der Waals surface area contributed by atoms with Crippen molar-refractivity contribution in [3.05, 3.63) is 40.4 Å². The Hall–Kier alpha value is -2.22. The van der Waals surface area contributed by atoms with Gasteiger partial charge in [-0.3, -0.25) is 14.2 Å². The average molecular weight is 391 g/mol. The number of carbonyl (C=O) groups excluding carboxylic acids is 1. The lowest BCUT2D eigenvalue weighted by atomic mass is 10.1. The highest BCUT2D eigenvalue weighted by molar-refractivity contribution is 7.91. The van der Waals surface area contributed by atoms with E-state index >= 15 is 0 Å². The molecule has 8 heteroatoms. The smallest absolute Gasteiger partial charge is 0.261 e. The summed E-state index contributed by atoms with van der Waals surface area (Å²) in [7, 11) is -3.05. The molecule has 1 amide bonds. The molecule has 1 aliphatic heterocycles. The molecule has 7 nitrogen and oxygen atoms in total. The third kappa shape index (κ3) is 4.21. The zero-order chi connectivity index (χ0) is 19.6. The number of sulfone groups is 1. The molecule has 3 rings (SSSR count). The molecule has 0 N–H and O–H groups in total. The van der Waals surface area contributed by atoms with Crippen LogP contribution >= 0.6 is 0 Å². The van der Waals surface area contributed by atoms with Gasteiger partial charge >= 0.3 is 0 Å². The van der Waals surface area contributed by atoms with Crippen LogP contribution < -0.4 is 5.56 Å². The molecule has 1 fully saturated rings. The number of fused-ring (bicyclic) bond motifs is 1. The lowest BCUT2D eigenvalue weighted by Crippen LogP contribution is -2.42. The summed E-state index contributed by atoms with van der Waals surface area (Å²) in [5.74, 6) is 0.0591. The first-order valence-corrected chi connectivity index (χ1v) is 11.1. The van der Waals surface area contributed by atoms with E-state index < -0.39 is 9.84 Å².